The van der Waals surface area contributed by atoms with Crippen LogP contribution in [0.25, 0.3) is 21.2 Å². The van der Waals surface area contributed by atoms with Crippen molar-refractivity contribution in [3.63, 3.8) is 0 Å². The minimum atomic E-state index is -1.95. The number of aliphatic hydroxyl groups excluding tert-OH is 1. The molecule has 0 unspecified atom stereocenters. The van der Waals surface area contributed by atoms with Crippen molar-refractivity contribution in [2.24, 2.45) is 0 Å². The number of hydrogen-bond donors (Lipinski definition) is 2. The highest BCUT2D eigenvalue weighted by Gasteiger charge is 2.25. The maximum Gasteiger partial charge on any atom is 0.188 e. The van der Waals surface area contributed by atoms with E-state index in [0.29, 0.717) is 10.1 Å². The third kappa shape index (κ3) is 2.56. The van der Waals surface area contributed by atoms with Crippen molar-refractivity contribution in [3.05, 3.63) is 52.7 Å². The molecule has 3 rings (SSSR count). The van der Waals surface area contributed by atoms with E-state index in [1.165, 1.54) is 19.2 Å². The SMILES string of the molecule is COc1ccc(F)c(-c2c(C(O)O)sc3cc(F)ccc23)c1F. The monoisotopic (exact) mass is 340 g/mol. The van der Waals surface area contributed by atoms with Gasteiger partial charge in [-0.1, -0.05) is 0 Å². The molecule has 0 atom stereocenters. The number of ether oxygens (including phenoxy) is 1. The molecule has 120 valence electrons. The molecule has 0 bridgehead atoms. The quantitative estimate of drug-likeness (QED) is 0.709. The van der Waals surface area contributed by atoms with Crippen LogP contribution < -0.4 is 4.74 Å². The first-order valence-corrected chi connectivity index (χ1v) is 7.36. The Morgan fingerprint density at radius 2 is 1.78 bits per heavy atom. The Kier molecular flexibility index (Phi) is 4.01. The Hall–Kier alpha value is -2.09. The predicted octanol–water partition coefficient (Wildman–Crippen LogP) is 3.98. The first-order valence-electron chi connectivity index (χ1n) is 6.54. The van der Waals surface area contributed by atoms with Gasteiger partial charge in [-0.15, -0.1) is 11.3 Å². The van der Waals surface area contributed by atoms with E-state index in [0.717, 1.165) is 29.5 Å². The van der Waals surface area contributed by atoms with E-state index in [2.05, 4.69) is 0 Å². The van der Waals surface area contributed by atoms with Gasteiger partial charge >= 0.3 is 0 Å². The van der Waals surface area contributed by atoms with Crippen molar-refractivity contribution in [3.8, 4) is 16.9 Å². The molecular weight excluding hydrogens is 329 g/mol. The van der Waals surface area contributed by atoms with Crippen LogP contribution in [-0.4, -0.2) is 17.3 Å². The summed E-state index contributed by atoms with van der Waals surface area (Å²) in [6, 6.07) is 5.82. The van der Waals surface area contributed by atoms with E-state index in [4.69, 9.17) is 4.74 Å². The molecule has 1 heterocycles. The second-order valence-electron chi connectivity index (χ2n) is 4.79. The minimum absolute atomic E-state index is 0.0195. The zero-order valence-electron chi connectivity index (χ0n) is 11.8. The van der Waals surface area contributed by atoms with Gasteiger partial charge in [-0.2, -0.15) is 0 Å². The lowest BCUT2D eigenvalue weighted by molar-refractivity contribution is -0.0390. The molecule has 7 heteroatoms. The lowest BCUT2D eigenvalue weighted by Crippen LogP contribution is -1.99. The van der Waals surface area contributed by atoms with Crippen LogP contribution in [0.15, 0.2) is 30.3 Å². The van der Waals surface area contributed by atoms with Crippen molar-refractivity contribution in [1.29, 1.82) is 0 Å². The minimum Gasteiger partial charge on any atom is -0.494 e. The van der Waals surface area contributed by atoms with E-state index in [9.17, 15) is 23.4 Å². The second-order valence-corrected chi connectivity index (χ2v) is 5.88. The summed E-state index contributed by atoms with van der Waals surface area (Å²) in [7, 11) is 1.24. The molecule has 1 aromatic heterocycles. The highest BCUT2D eigenvalue weighted by atomic mass is 32.1. The Morgan fingerprint density at radius 1 is 1.04 bits per heavy atom. The highest BCUT2D eigenvalue weighted by Crippen LogP contribution is 2.44. The van der Waals surface area contributed by atoms with Crippen LogP contribution in [0.4, 0.5) is 13.2 Å². The Bertz CT molecular complexity index is 890. The summed E-state index contributed by atoms with van der Waals surface area (Å²) in [6.45, 7) is 0. The lowest BCUT2D eigenvalue weighted by Gasteiger charge is -2.11. The number of benzene rings is 2. The molecule has 0 saturated carbocycles. The summed E-state index contributed by atoms with van der Waals surface area (Å²) in [6.07, 6.45) is -1.95. The van der Waals surface area contributed by atoms with Gasteiger partial charge in [0.2, 0.25) is 0 Å². The van der Waals surface area contributed by atoms with E-state index in [1.807, 2.05) is 0 Å². The summed E-state index contributed by atoms with van der Waals surface area (Å²) in [5.74, 6) is -2.55. The van der Waals surface area contributed by atoms with Crippen LogP contribution in [0.1, 0.15) is 11.2 Å². The van der Waals surface area contributed by atoms with Crippen LogP contribution >= 0.6 is 11.3 Å². The predicted molar refractivity (Wildman–Crippen MR) is 80.9 cm³/mol. The van der Waals surface area contributed by atoms with Crippen molar-refractivity contribution >= 4 is 21.4 Å². The van der Waals surface area contributed by atoms with Gasteiger partial charge in [0.05, 0.1) is 17.6 Å². The number of aliphatic hydroxyl groups is 2. The summed E-state index contributed by atoms with van der Waals surface area (Å²) < 4.78 is 47.4. The highest BCUT2D eigenvalue weighted by molar-refractivity contribution is 7.19. The third-order valence-electron chi connectivity index (χ3n) is 3.44. The first kappa shape index (κ1) is 15.8. The fourth-order valence-corrected chi connectivity index (χ4v) is 3.56. The molecule has 0 radical (unpaired) electrons. The molecule has 0 aliphatic carbocycles. The van der Waals surface area contributed by atoms with E-state index < -0.39 is 29.3 Å². The Morgan fingerprint density at radius 3 is 2.43 bits per heavy atom. The molecule has 3 nitrogen and oxygen atoms in total. The van der Waals surface area contributed by atoms with Crippen LogP contribution in [0.3, 0.4) is 0 Å². The van der Waals surface area contributed by atoms with Gasteiger partial charge in [-0.05, 0) is 30.3 Å². The molecule has 2 aromatic carbocycles. The zero-order valence-corrected chi connectivity index (χ0v) is 12.6. The molecule has 0 aliphatic heterocycles. The van der Waals surface area contributed by atoms with Gasteiger partial charge in [0, 0.05) is 15.6 Å². The van der Waals surface area contributed by atoms with Gasteiger partial charge in [0.25, 0.3) is 0 Å². The molecule has 23 heavy (non-hydrogen) atoms. The average Bonchev–Trinajstić information content (AvgIpc) is 2.86. The summed E-state index contributed by atoms with van der Waals surface area (Å²) in [5, 5.41) is 19.4. The first-order chi connectivity index (χ1) is 10.9. The van der Waals surface area contributed by atoms with Crippen LogP contribution in [-0.2, 0) is 0 Å². The number of thiophene rings is 1. The van der Waals surface area contributed by atoms with E-state index >= 15 is 0 Å². The van der Waals surface area contributed by atoms with Crippen molar-refractivity contribution < 1.29 is 28.1 Å². The average molecular weight is 340 g/mol. The van der Waals surface area contributed by atoms with Gasteiger partial charge in [-0.3, -0.25) is 0 Å². The van der Waals surface area contributed by atoms with Gasteiger partial charge in [0.1, 0.15) is 11.6 Å². The van der Waals surface area contributed by atoms with Crippen LogP contribution in [0.2, 0.25) is 0 Å². The van der Waals surface area contributed by atoms with Crippen molar-refractivity contribution in [2.75, 3.05) is 7.11 Å². The van der Waals surface area contributed by atoms with Gasteiger partial charge in [-0.25, -0.2) is 13.2 Å². The summed E-state index contributed by atoms with van der Waals surface area (Å²) in [4.78, 5) is -0.0725. The van der Waals surface area contributed by atoms with Crippen molar-refractivity contribution in [2.45, 2.75) is 6.29 Å². The fraction of sp³-hybridized carbons (Fsp3) is 0.125. The lowest BCUT2D eigenvalue weighted by atomic mass is 10.00. The third-order valence-corrected chi connectivity index (χ3v) is 4.63. The smallest absolute Gasteiger partial charge is 0.188 e. The fourth-order valence-electron chi connectivity index (χ4n) is 2.45. The molecule has 0 amide bonds. The van der Waals surface area contributed by atoms with Crippen LogP contribution in [0, 0.1) is 17.5 Å². The summed E-state index contributed by atoms with van der Waals surface area (Å²) in [5.41, 5.74) is -0.459. The zero-order chi connectivity index (χ0) is 16.7. The molecule has 0 aliphatic rings. The van der Waals surface area contributed by atoms with E-state index in [-0.39, 0.29) is 16.2 Å². The molecule has 0 spiro atoms. The molecule has 0 saturated heterocycles. The normalized spacial score (nSPS) is 11.4. The standard InChI is InChI=1S/C16H11F3O3S/c1-22-10-5-4-9(18)13(14(10)19)12-8-3-2-7(17)6-11(8)23-15(12)16(20)21/h2-6,16,20-21H,1H3. The molecular formula is C16H11F3O3S. The topological polar surface area (TPSA) is 49.7 Å². The maximum atomic E-state index is 14.5. The molecule has 2 N–H and O–H groups in total. The second kappa shape index (κ2) is 5.84. The van der Waals surface area contributed by atoms with Crippen molar-refractivity contribution in [1.82, 2.24) is 0 Å². The number of halogens is 3. The summed E-state index contributed by atoms with van der Waals surface area (Å²) >= 11 is 0.858. The number of fused-ring (bicyclic) bond motifs is 1. The number of hydrogen-bond acceptors (Lipinski definition) is 4. The molecule has 0 fully saturated rings. The molecule has 3 aromatic rings. The number of rotatable bonds is 3. The van der Waals surface area contributed by atoms with Crippen LogP contribution in [0.5, 0.6) is 5.75 Å². The maximum absolute atomic E-state index is 14.5. The Labute approximate surface area is 133 Å². The number of methoxy groups -OCH3 is 1. The van der Waals surface area contributed by atoms with Gasteiger partial charge < -0.3 is 14.9 Å². The van der Waals surface area contributed by atoms with E-state index in [1.54, 1.807) is 0 Å². The Balaban J connectivity index is 2.42. The van der Waals surface area contributed by atoms with Gasteiger partial charge in [0.15, 0.2) is 17.9 Å². The largest absolute Gasteiger partial charge is 0.494 e.